The maximum absolute atomic E-state index is 9.79. The van der Waals surface area contributed by atoms with Crippen LogP contribution >= 0.6 is 0 Å². The Kier molecular flexibility index (Phi) is 5.24. The van der Waals surface area contributed by atoms with Crippen LogP contribution in [0.25, 0.3) is 0 Å². The largest absolute Gasteiger partial charge is 0.389 e. The molecule has 1 saturated carbocycles. The van der Waals surface area contributed by atoms with Gasteiger partial charge in [-0.2, -0.15) is 0 Å². The highest BCUT2D eigenvalue weighted by molar-refractivity contribution is 4.98. The van der Waals surface area contributed by atoms with E-state index >= 15 is 0 Å². The van der Waals surface area contributed by atoms with Crippen LogP contribution in [-0.4, -0.2) is 11.2 Å². The summed E-state index contributed by atoms with van der Waals surface area (Å²) >= 11 is 0. The van der Waals surface area contributed by atoms with E-state index in [9.17, 15) is 5.11 Å². The molecule has 0 amide bonds. The number of aliphatic hydroxyl groups excluding tert-OH is 1. The molecule has 1 N–H and O–H groups in total. The number of rotatable bonds is 3. The van der Waals surface area contributed by atoms with Crippen LogP contribution in [0.15, 0.2) is 11.6 Å². The molecule has 1 heteroatoms. The summed E-state index contributed by atoms with van der Waals surface area (Å²) in [6, 6.07) is 0. The number of aliphatic hydroxyl groups is 1. The summed E-state index contributed by atoms with van der Waals surface area (Å²) in [6.07, 6.45) is 10.9. The van der Waals surface area contributed by atoms with Gasteiger partial charge in [-0.05, 0) is 26.2 Å². The van der Waals surface area contributed by atoms with E-state index in [1.165, 1.54) is 44.1 Å². The van der Waals surface area contributed by atoms with Gasteiger partial charge in [0, 0.05) is 0 Å². The van der Waals surface area contributed by atoms with Crippen LogP contribution in [0.2, 0.25) is 0 Å². The summed E-state index contributed by atoms with van der Waals surface area (Å²) in [5.74, 6) is 0.767. The van der Waals surface area contributed by atoms with Gasteiger partial charge in [-0.15, -0.1) is 0 Å². The first kappa shape index (κ1) is 11.8. The highest BCUT2D eigenvalue weighted by Crippen LogP contribution is 2.26. The van der Waals surface area contributed by atoms with Crippen LogP contribution in [0.4, 0.5) is 0 Å². The van der Waals surface area contributed by atoms with Crippen LogP contribution in [0.3, 0.4) is 0 Å². The van der Waals surface area contributed by atoms with Crippen LogP contribution in [0, 0.1) is 5.92 Å². The van der Waals surface area contributed by atoms with Gasteiger partial charge in [0.2, 0.25) is 0 Å². The van der Waals surface area contributed by atoms with Crippen LogP contribution in [-0.2, 0) is 0 Å². The lowest BCUT2D eigenvalue weighted by Gasteiger charge is -2.16. The Morgan fingerprint density at radius 2 is 1.79 bits per heavy atom. The fourth-order valence-electron chi connectivity index (χ4n) is 2.39. The number of hydrogen-bond donors (Lipinski definition) is 1. The molecule has 0 spiro atoms. The van der Waals surface area contributed by atoms with E-state index < -0.39 is 0 Å². The van der Waals surface area contributed by atoms with Gasteiger partial charge >= 0.3 is 0 Å². The van der Waals surface area contributed by atoms with Crippen molar-refractivity contribution in [3.05, 3.63) is 11.6 Å². The first-order valence-electron chi connectivity index (χ1n) is 6.01. The quantitative estimate of drug-likeness (QED) is 0.539. The summed E-state index contributed by atoms with van der Waals surface area (Å²) in [5.41, 5.74) is 1.23. The Hall–Kier alpha value is -0.300. The standard InChI is InChI=1S/C13H24O/c1-11(2)9-13(14)10-12-7-5-3-4-6-8-12/h9,12-14H,3-8,10H2,1-2H3. The summed E-state index contributed by atoms with van der Waals surface area (Å²) in [5, 5.41) is 9.79. The zero-order chi connectivity index (χ0) is 10.4. The van der Waals surface area contributed by atoms with Crippen molar-refractivity contribution >= 4 is 0 Å². The highest BCUT2D eigenvalue weighted by Gasteiger charge is 2.14. The van der Waals surface area contributed by atoms with Crippen molar-refractivity contribution in [3.8, 4) is 0 Å². The van der Waals surface area contributed by atoms with Crippen molar-refractivity contribution in [2.45, 2.75) is 64.9 Å². The van der Waals surface area contributed by atoms with E-state index in [0.717, 1.165) is 12.3 Å². The molecule has 0 aromatic heterocycles. The molecule has 1 unspecified atom stereocenters. The van der Waals surface area contributed by atoms with Crippen molar-refractivity contribution in [3.63, 3.8) is 0 Å². The van der Waals surface area contributed by atoms with Gasteiger partial charge in [0.1, 0.15) is 0 Å². The molecule has 0 saturated heterocycles. The fraction of sp³-hybridized carbons (Fsp3) is 0.846. The Bertz CT molecular complexity index is 172. The average Bonchev–Trinajstić information content (AvgIpc) is 2.31. The minimum atomic E-state index is -0.205. The predicted molar refractivity (Wildman–Crippen MR) is 61.2 cm³/mol. The van der Waals surface area contributed by atoms with Gasteiger partial charge in [0.25, 0.3) is 0 Å². The van der Waals surface area contributed by atoms with E-state index in [1.54, 1.807) is 0 Å². The van der Waals surface area contributed by atoms with Crippen LogP contribution in [0.1, 0.15) is 58.8 Å². The third-order valence-electron chi connectivity index (χ3n) is 3.08. The Morgan fingerprint density at radius 1 is 1.21 bits per heavy atom. The molecular weight excluding hydrogens is 172 g/mol. The summed E-state index contributed by atoms with van der Waals surface area (Å²) in [7, 11) is 0. The molecule has 1 fully saturated rings. The Labute approximate surface area is 88.2 Å². The lowest BCUT2D eigenvalue weighted by atomic mass is 9.93. The summed E-state index contributed by atoms with van der Waals surface area (Å²) in [4.78, 5) is 0. The molecule has 1 nitrogen and oxygen atoms in total. The predicted octanol–water partition coefficient (Wildman–Crippen LogP) is 3.67. The van der Waals surface area contributed by atoms with Gasteiger partial charge in [0.15, 0.2) is 0 Å². The SMILES string of the molecule is CC(C)=CC(O)CC1CCCCCC1. The first-order chi connectivity index (χ1) is 6.68. The van der Waals surface area contributed by atoms with E-state index in [0.29, 0.717) is 0 Å². The topological polar surface area (TPSA) is 20.2 Å². The molecule has 0 bridgehead atoms. The fourth-order valence-corrected chi connectivity index (χ4v) is 2.39. The molecule has 1 rings (SSSR count). The molecule has 82 valence electrons. The maximum atomic E-state index is 9.79. The van der Waals surface area contributed by atoms with Gasteiger partial charge in [-0.3, -0.25) is 0 Å². The van der Waals surface area contributed by atoms with Crippen molar-refractivity contribution in [1.29, 1.82) is 0 Å². The van der Waals surface area contributed by atoms with Gasteiger partial charge < -0.3 is 5.11 Å². The van der Waals surface area contributed by atoms with Crippen molar-refractivity contribution in [2.75, 3.05) is 0 Å². The summed E-state index contributed by atoms with van der Waals surface area (Å²) in [6.45, 7) is 4.10. The number of hydrogen-bond acceptors (Lipinski definition) is 1. The second kappa shape index (κ2) is 6.23. The third-order valence-corrected chi connectivity index (χ3v) is 3.08. The van der Waals surface area contributed by atoms with E-state index in [4.69, 9.17) is 0 Å². The lowest BCUT2D eigenvalue weighted by molar-refractivity contribution is 0.180. The van der Waals surface area contributed by atoms with Crippen LogP contribution in [0.5, 0.6) is 0 Å². The maximum Gasteiger partial charge on any atom is 0.0725 e. The van der Waals surface area contributed by atoms with Gasteiger partial charge in [0.05, 0.1) is 6.10 Å². The van der Waals surface area contributed by atoms with E-state index in [1.807, 2.05) is 6.08 Å². The monoisotopic (exact) mass is 196 g/mol. The summed E-state index contributed by atoms with van der Waals surface area (Å²) < 4.78 is 0. The highest BCUT2D eigenvalue weighted by atomic mass is 16.3. The zero-order valence-electron chi connectivity index (χ0n) is 9.63. The molecular formula is C13H24O. The molecule has 1 atom stereocenters. The lowest BCUT2D eigenvalue weighted by Crippen LogP contribution is -2.11. The molecule has 0 aromatic rings. The smallest absolute Gasteiger partial charge is 0.0725 e. The average molecular weight is 196 g/mol. The van der Waals surface area contributed by atoms with Crippen molar-refractivity contribution in [2.24, 2.45) is 5.92 Å². The van der Waals surface area contributed by atoms with Gasteiger partial charge in [-0.25, -0.2) is 0 Å². The molecule has 0 heterocycles. The molecule has 0 radical (unpaired) electrons. The van der Waals surface area contributed by atoms with Gasteiger partial charge in [-0.1, -0.05) is 50.2 Å². The molecule has 0 aliphatic heterocycles. The third kappa shape index (κ3) is 4.80. The van der Waals surface area contributed by atoms with E-state index in [-0.39, 0.29) is 6.10 Å². The van der Waals surface area contributed by atoms with Crippen molar-refractivity contribution < 1.29 is 5.11 Å². The van der Waals surface area contributed by atoms with E-state index in [2.05, 4.69) is 13.8 Å². The Morgan fingerprint density at radius 3 is 2.29 bits per heavy atom. The normalized spacial score (nSPS) is 21.4. The molecule has 1 aliphatic rings. The van der Waals surface area contributed by atoms with Crippen molar-refractivity contribution in [1.82, 2.24) is 0 Å². The second-order valence-electron chi connectivity index (χ2n) is 4.90. The molecule has 1 aliphatic carbocycles. The minimum Gasteiger partial charge on any atom is -0.389 e. The number of allylic oxidation sites excluding steroid dienone is 1. The first-order valence-corrected chi connectivity index (χ1v) is 6.01. The molecule has 14 heavy (non-hydrogen) atoms. The second-order valence-corrected chi connectivity index (χ2v) is 4.90. The minimum absolute atomic E-state index is 0.205. The molecule has 0 aromatic carbocycles. The zero-order valence-corrected chi connectivity index (χ0v) is 9.63. The van der Waals surface area contributed by atoms with Crippen LogP contribution < -0.4 is 0 Å². The Balaban J connectivity index is 2.30.